The van der Waals surface area contributed by atoms with Crippen LogP contribution >= 0.6 is 11.8 Å². The molecule has 116 valence electrons. The number of carboxylic acids is 1. The monoisotopic (exact) mass is 326 g/mol. The minimum absolute atomic E-state index is 0.284. The Bertz CT molecular complexity index is 537. The van der Waals surface area contributed by atoms with E-state index in [-0.39, 0.29) is 29.6 Å². The predicted octanol–water partition coefficient (Wildman–Crippen LogP) is 2.90. The van der Waals surface area contributed by atoms with E-state index < -0.39 is 29.1 Å². The Morgan fingerprint density at radius 3 is 2.52 bits per heavy atom. The third kappa shape index (κ3) is 6.34. The van der Waals surface area contributed by atoms with Crippen molar-refractivity contribution in [3.63, 3.8) is 0 Å². The Morgan fingerprint density at radius 2 is 1.95 bits per heavy atom. The largest absolute Gasteiger partial charge is 0.478 e. The molecule has 0 saturated carbocycles. The number of amides is 2. The van der Waals surface area contributed by atoms with Crippen LogP contribution in [0.15, 0.2) is 18.2 Å². The van der Waals surface area contributed by atoms with Crippen LogP contribution in [0.1, 0.15) is 10.4 Å². The maximum atomic E-state index is 13.0. The maximum Gasteiger partial charge on any atom is 0.441 e. The number of hydrogen-bond donors (Lipinski definition) is 3. The van der Waals surface area contributed by atoms with E-state index in [1.54, 1.807) is 0 Å². The van der Waals surface area contributed by atoms with Gasteiger partial charge in [0.15, 0.2) is 0 Å². The fourth-order valence-corrected chi connectivity index (χ4v) is 1.74. The molecule has 1 rings (SSSR count). The van der Waals surface area contributed by atoms with Crippen molar-refractivity contribution in [2.45, 2.75) is 5.51 Å². The van der Waals surface area contributed by atoms with Crippen LogP contribution in [-0.4, -0.2) is 34.9 Å². The number of anilines is 1. The summed E-state index contributed by atoms with van der Waals surface area (Å²) in [5, 5.41) is 13.0. The highest BCUT2D eigenvalue weighted by Crippen LogP contribution is 2.29. The van der Waals surface area contributed by atoms with Crippen LogP contribution in [0.2, 0.25) is 0 Å². The normalized spacial score (nSPS) is 11.0. The summed E-state index contributed by atoms with van der Waals surface area (Å²) in [6.45, 7) is -0.284. The molecule has 0 radical (unpaired) electrons. The summed E-state index contributed by atoms with van der Waals surface area (Å²) in [6, 6.07) is 1.75. The predicted molar refractivity (Wildman–Crippen MR) is 68.9 cm³/mol. The number of halogens is 4. The van der Waals surface area contributed by atoms with E-state index in [9.17, 15) is 27.2 Å². The maximum absolute atomic E-state index is 13.0. The van der Waals surface area contributed by atoms with Crippen LogP contribution in [0.4, 0.5) is 28.0 Å². The number of urea groups is 1. The number of alkyl halides is 3. The molecule has 0 aliphatic heterocycles. The number of hydrogen-bond acceptors (Lipinski definition) is 3. The van der Waals surface area contributed by atoms with Crippen molar-refractivity contribution < 1.29 is 32.3 Å². The van der Waals surface area contributed by atoms with Crippen molar-refractivity contribution in [1.82, 2.24) is 5.32 Å². The van der Waals surface area contributed by atoms with E-state index >= 15 is 0 Å². The first-order valence-electron chi connectivity index (χ1n) is 5.47. The van der Waals surface area contributed by atoms with Gasteiger partial charge < -0.3 is 15.7 Å². The number of benzene rings is 1. The molecule has 1 aromatic rings. The minimum atomic E-state index is -4.39. The lowest BCUT2D eigenvalue weighted by Crippen LogP contribution is -2.31. The zero-order chi connectivity index (χ0) is 16.0. The first kappa shape index (κ1) is 17.1. The Morgan fingerprint density at radius 1 is 1.29 bits per heavy atom. The zero-order valence-electron chi connectivity index (χ0n) is 10.3. The van der Waals surface area contributed by atoms with E-state index in [0.29, 0.717) is 0 Å². The Kier molecular flexibility index (Phi) is 5.82. The summed E-state index contributed by atoms with van der Waals surface area (Å²) >= 11 is -0.304. The van der Waals surface area contributed by atoms with Crippen LogP contribution in [0.3, 0.4) is 0 Å². The lowest BCUT2D eigenvalue weighted by molar-refractivity contribution is -0.0327. The molecule has 0 unspecified atom stereocenters. The molecule has 10 heteroatoms. The summed E-state index contributed by atoms with van der Waals surface area (Å²) in [6.07, 6.45) is 0. The Labute approximate surface area is 120 Å². The molecule has 0 saturated heterocycles. The van der Waals surface area contributed by atoms with Gasteiger partial charge in [-0.15, -0.1) is 0 Å². The van der Waals surface area contributed by atoms with E-state index in [2.05, 4.69) is 10.6 Å². The molecule has 0 fully saturated rings. The fourth-order valence-electron chi connectivity index (χ4n) is 1.30. The van der Waals surface area contributed by atoms with Crippen molar-refractivity contribution in [3.8, 4) is 0 Å². The number of nitrogens with one attached hydrogen (secondary N) is 2. The minimum Gasteiger partial charge on any atom is -0.478 e. The average Bonchev–Trinajstić information content (AvgIpc) is 2.33. The fraction of sp³-hybridized carbons (Fsp3) is 0.273. The number of carboxylic acid groups (broad SMARTS) is 1. The third-order valence-corrected chi connectivity index (χ3v) is 2.85. The first-order chi connectivity index (χ1) is 9.69. The topological polar surface area (TPSA) is 78.4 Å². The highest BCUT2D eigenvalue weighted by molar-refractivity contribution is 8.00. The number of carbonyl (C=O) groups excluding carboxylic acids is 1. The quantitative estimate of drug-likeness (QED) is 0.574. The van der Waals surface area contributed by atoms with Crippen molar-refractivity contribution in [2.24, 2.45) is 0 Å². The number of aromatic carboxylic acids is 1. The van der Waals surface area contributed by atoms with E-state index in [0.717, 1.165) is 18.2 Å². The summed E-state index contributed by atoms with van der Waals surface area (Å²) in [5.41, 5.74) is -5.02. The van der Waals surface area contributed by atoms with Gasteiger partial charge in [0, 0.05) is 12.3 Å². The number of rotatable bonds is 5. The van der Waals surface area contributed by atoms with Crippen molar-refractivity contribution in [3.05, 3.63) is 29.6 Å². The van der Waals surface area contributed by atoms with Gasteiger partial charge in [0.25, 0.3) is 0 Å². The lowest BCUT2D eigenvalue weighted by Gasteiger charge is -2.10. The van der Waals surface area contributed by atoms with Crippen molar-refractivity contribution in [1.29, 1.82) is 0 Å². The third-order valence-electron chi connectivity index (χ3n) is 2.11. The molecule has 0 aromatic heterocycles. The van der Waals surface area contributed by atoms with Crippen molar-refractivity contribution >= 4 is 29.4 Å². The second-order valence-corrected chi connectivity index (χ2v) is 4.83. The van der Waals surface area contributed by atoms with Crippen LogP contribution in [0.5, 0.6) is 0 Å². The first-order valence-corrected chi connectivity index (χ1v) is 6.46. The summed E-state index contributed by atoms with van der Waals surface area (Å²) in [4.78, 5) is 22.3. The lowest BCUT2D eigenvalue weighted by atomic mass is 10.2. The van der Waals surface area contributed by atoms with Gasteiger partial charge in [-0.25, -0.2) is 14.0 Å². The SMILES string of the molecule is O=C(NCCSC(F)(F)F)Nc1cc(F)ccc1C(=O)O. The summed E-state index contributed by atoms with van der Waals surface area (Å²) in [7, 11) is 0. The Hall–Kier alpha value is -1.97. The molecule has 0 heterocycles. The molecule has 2 amide bonds. The zero-order valence-corrected chi connectivity index (χ0v) is 11.1. The molecule has 1 aromatic carbocycles. The second-order valence-electron chi connectivity index (χ2n) is 3.67. The van der Waals surface area contributed by atoms with Crippen LogP contribution in [0.25, 0.3) is 0 Å². The molecule has 21 heavy (non-hydrogen) atoms. The van der Waals surface area contributed by atoms with Crippen LogP contribution in [-0.2, 0) is 0 Å². The smallest absolute Gasteiger partial charge is 0.441 e. The van der Waals surface area contributed by atoms with Crippen LogP contribution in [0, 0.1) is 5.82 Å². The molecule has 0 atom stereocenters. The van der Waals surface area contributed by atoms with Crippen LogP contribution < -0.4 is 10.6 Å². The van der Waals surface area contributed by atoms with E-state index in [1.165, 1.54) is 0 Å². The molecule has 3 N–H and O–H groups in total. The number of thioether (sulfide) groups is 1. The standard InChI is InChI=1S/C11H10F4N2O3S/c12-6-1-2-7(9(18)19)8(5-6)17-10(20)16-3-4-21-11(13,14)15/h1-2,5H,3-4H2,(H,18,19)(H2,16,17,20). The van der Waals surface area contributed by atoms with E-state index in [4.69, 9.17) is 5.11 Å². The number of carbonyl (C=O) groups is 2. The molecular weight excluding hydrogens is 316 g/mol. The van der Waals surface area contributed by atoms with Gasteiger partial charge in [-0.2, -0.15) is 13.2 Å². The molecular formula is C11H10F4N2O3S. The molecule has 0 spiro atoms. The van der Waals surface area contributed by atoms with Gasteiger partial charge in [0.2, 0.25) is 0 Å². The van der Waals surface area contributed by atoms with Crippen molar-refractivity contribution in [2.75, 3.05) is 17.6 Å². The summed E-state index contributed by atoms with van der Waals surface area (Å²) in [5.74, 6) is -2.54. The average molecular weight is 326 g/mol. The Balaban J connectivity index is 2.55. The van der Waals surface area contributed by atoms with Gasteiger partial charge in [0.1, 0.15) is 5.82 Å². The highest BCUT2D eigenvalue weighted by atomic mass is 32.2. The van der Waals surface area contributed by atoms with Gasteiger partial charge in [0.05, 0.1) is 11.3 Å². The van der Waals surface area contributed by atoms with Gasteiger partial charge >= 0.3 is 17.5 Å². The van der Waals surface area contributed by atoms with Gasteiger partial charge in [-0.1, -0.05) is 0 Å². The van der Waals surface area contributed by atoms with E-state index in [1.807, 2.05) is 0 Å². The molecule has 0 bridgehead atoms. The summed E-state index contributed by atoms with van der Waals surface area (Å²) < 4.78 is 48.5. The second kappa shape index (κ2) is 7.16. The molecule has 5 nitrogen and oxygen atoms in total. The van der Waals surface area contributed by atoms with Gasteiger partial charge in [-0.3, -0.25) is 0 Å². The molecule has 0 aliphatic rings. The van der Waals surface area contributed by atoms with Gasteiger partial charge in [-0.05, 0) is 30.0 Å². The molecule has 0 aliphatic carbocycles. The highest BCUT2D eigenvalue weighted by Gasteiger charge is 2.27.